The summed E-state index contributed by atoms with van der Waals surface area (Å²) in [6.45, 7) is 5.59. The second-order valence-electron chi connectivity index (χ2n) is 5.62. The largest absolute Gasteiger partial charge is 0.388 e. The summed E-state index contributed by atoms with van der Waals surface area (Å²) in [5, 5.41) is 13.8. The Kier molecular flexibility index (Phi) is 4.38. The van der Waals surface area contributed by atoms with Crippen molar-refractivity contribution in [3.63, 3.8) is 0 Å². The van der Waals surface area contributed by atoms with Gasteiger partial charge in [0.1, 0.15) is 0 Å². The maximum atomic E-state index is 10.4. The van der Waals surface area contributed by atoms with E-state index < -0.39 is 5.60 Å². The average Bonchev–Trinajstić information content (AvgIpc) is 2.36. The molecule has 0 bridgehead atoms. The second-order valence-corrected chi connectivity index (χ2v) is 5.62. The van der Waals surface area contributed by atoms with Crippen LogP contribution in [0.4, 0.5) is 0 Å². The molecule has 0 aliphatic carbocycles. The van der Waals surface area contributed by atoms with Crippen LogP contribution in [-0.2, 0) is 6.54 Å². The van der Waals surface area contributed by atoms with Gasteiger partial charge in [-0.15, -0.1) is 0 Å². The molecule has 0 amide bonds. The normalized spacial score (nSPS) is 19.9. The van der Waals surface area contributed by atoms with Crippen LogP contribution in [-0.4, -0.2) is 42.3 Å². The number of hydrogen-bond donors (Lipinski definition) is 2. The van der Waals surface area contributed by atoms with Gasteiger partial charge in [-0.25, -0.2) is 0 Å². The molecule has 0 radical (unpaired) electrons. The molecule has 0 saturated carbocycles. The molecule has 0 spiro atoms. The molecule has 0 unspecified atom stereocenters. The van der Waals surface area contributed by atoms with Crippen LogP contribution in [0.2, 0.25) is 0 Å². The van der Waals surface area contributed by atoms with Gasteiger partial charge in [0.2, 0.25) is 0 Å². The average molecular weight is 248 g/mol. The summed E-state index contributed by atoms with van der Waals surface area (Å²) >= 11 is 0. The van der Waals surface area contributed by atoms with E-state index in [4.69, 9.17) is 0 Å². The van der Waals surface area contributed by atoms with Crippen LogP contribution in [0, 0.1) is 6.92 Å². The molecule has 1 aliphatic heterocycles. The van der Waals surface area contributed by atoms with Crippen molar-refractivity contribution in [2.24, 2.45) is 0 Å². The Morgan fingerprint density at radius 3 is 2.44 bits per heavy atom. The van der Waals surface area contributed by atoms with Crippen molar-refractivity contribution in [2.75, 3.05) is 26.7 Å². The minimum Gasteiger partial charge on any atom is -0.388 e. The molecule has 0 aromatic heterocycles. The number of nitrogens with one attached hydrogen (secondary N) is 1. The van der Waals surface area contributed by atoms with Crippen molar-refractivity contribution in [1.29, 1.82) is 0 Å². The van der Waals surface area contributed by atoms with E-state index in [1.165, 1.54) is 11.1 Å². The van der Waals surface area contributed by atoms with Gasteiger partial charge in [-0.3, -0.25) is 0 Å². The molecule has 1 aromatic rings. The number of aliphatic hydroxyl groups is 1. The van der Waals surface area contributed by atoms with Gasteiger partial charge in [0.25, 0.3) is 0 Å². The third-order valence-electron chi connectivity index (χ3n) is 3.82. The predicted octanol–water partition coefficient (Wildman–Crippen LogP) is 1.54. The molecular weight excluding hydrogens is 224 g/mol. The maximum Gasteiger partial charge on any atom is 0.0796 e. The molecule has 1 fully saturated rings. The third-order valence-corrected chi connectivity index (χ3v) is 3.82. The van der Waals surface area contributed by atoms with Gasteiger partial charge in [-0.1, -0.05) is 29.8 Å². The topological polar surface area (TPSA) is 35.5 Å². The SMILES string of the molecule is Cc1ccc(CNCC2(O)CCN(C)CC2)cc1. The minimum atomic E-state index is -0.517. The molecule has 100 valence electrons. The first kappa shape index (κ1) is 13.5. The summed E-state index contributed by atoms with van der Waals surface area (Å²) in [6, 6.07) is 8.53. The molecular formula is C15H24N2O. The number of nitrogens with zero attached hydrogens (tertiary/aromatic N) is 1. The number of rotatable bonds is 4. The number of hydrogen-bond acceptors (Lipinski definition) is 3. The summed E-state index contributed by atoms with van der Waals surface area (Å²) in [7, 11) is 2.11. The van der Waals surface area contributed by atoms with Crippen LogP contribution in [0.1, 0.15) is 24.0 Å². The monoisotopic (exact) mass is 248 g/mol. The first-order valence-corrected chi connectivity index (χ1v) is 6.75. The fourth-order valence-corrected chi connectivity index (χ4v) is 2.36. The molecule has 1 heterocycles. The van der Waals surface area contributed by atoms with Crippen LogP contribution < -0.4 is 5.32 Å². The Morgan fingerprint density at radius 1 is 1.22 bits per heavy atom. The highest BCUT2D eigenvalue weighted by atomic mass is 16.3. The fourth-order valence-electron chi connectivity index (χ4n) is 2.36. The Hall–Kier alpha value is -0.900. The number of aryl methyl sites for hydroxylation is 1. The van der Waals surface area contributed by atoms with Crippen LogP contribution in [0.5, 0.6) is 0 Å². The van der Waals surface area contributed by atoms with E-state index >= 15 is 0 Å². The van der Waals surface area contributed by atoms with Crippen molar-refractivity contribution < 1.29 is 5.11 Å². The van der Waals surface area contributed by atoms with Crippen molar-refractivity contribution in [3.05, 3.63) is 35.4 Å². The highest BCUT2D eigenvalue weighted by Gasteiger charge is 2.30. The lowest BCUT2D eigenvalue weighted by atomic mass is 9.91. The zero-order valence-electron chi connectivity index (χ0n) is 11.4. The molecule has 2 rings (SSSR count). The van der Waals surface area contributed by atoms with E-state index in [9.17, 15) is 5.11 Å². The fraction of sp³-hybridized carbons (Fsp3) is 0.600. The molecule has 3 heteroatoms. The zero-order valence-corrected chi connectivity index (χ0v) is 11.4. The van der Waals surface area contributed by atoms with E-state index in [2.05, 4.69) is 48.5 Å². The summed E-state index contributed by atoms with van der Waals surface area (Å²) in [4.78, 5) is 2.27. The Morgan fingerprint density at radius 2 is 1.83 bits per heavy atom. The van der Waals surface area contributed by atoms with Gasteiger partial charge in [-0.05, 0) is 32.4 Å². The van der Waals surface area contributed by atoms with Crippen LogP contribution in [0.3, 0.4) is 0 Å². The lowest BCUT2D eigenvalue weighted by molar-refractivity contribution is -0.0145. The van der Waals surface area contributed by atoms with Gasteiger partial charge >= 0.3 is 0 Å². The smallest absolute Gasteiger partial charge is 0.0796 e. The van der Waals surface area contributed by atoms with Gasteiger partial charge in [0, 0.05) is 26.2 Å². The maximum absolute atomic E-state index is 10.4. The number of benzene rings is 1. The molecule has 18 heavy (non-hydrogen) atoms. The van der Waals surface area contributed by atoms with Crippen LogP contribution in [0.25, 0.3) is 0 Å². The van der Waals surface area contributed by atoms with Gasteiger partial charge in [-0.2, -0.15) is 0 Å². The molecule has 2 N–H and O–H groups in total. The van der Waals surface area contributed by atoms with Crippen molar-refractivity contribution in [1.82, 2.24) is 10.2 Å². The van der Waals surface area contributed by atoms with E-state index in [1.807, 2.05) is 0 Å². The summed E-state index contributed by atoms with van der Waals surface area (Å²) in [5.74, 6) is 0. The molecule has 1 aliphatic rings. The Balaban J connectivity index is 1.76. The van der Waals surface area contributed by atoms with Gasteiger partial charge in [0.15, 0.2) is 0 Å². The van der Waals surface area contributed by atoms with Crippen LogP contribution >= 0.6 is 0 Å². The van der Waals surface area contributed by atoms with Crippen LogP contribution in [0.15, 0.2) is 24.3 Å². The standard InChI is InChI=1S/C15H24N2O/c1-13-3-5-14(6-4-13)11-16-12-15(18)7-9-17(2)10-8-15/h3-6,16,18H,7-12H2,1-2H3. The summed E-state index contributed by atoms with van der Waals surface area (Å²) in [6.07, 6.45) is 1.73. The molecule has 1 saturated heterocycles. The minimum absolute atomic E-state index is 0.517. The Bertz CT molecular complexity index is 367. The van der Waals surface area contributed by atoms with E-state index in [-0.39, 0.29) is 0 Å². The van der Waals surface area contributed by atoms with Gasteiger partial charge in [0.05, 0.1) is 5.60 Å². The quantitative estimate of drug-likeness (QED) is 0.848. The highest BCUT2D eigenvalue weighted by molar-refractivity contribution is 5.21. The van der Waals surface area contributed by atoms with E-state index in [0.717, 1.165) is 32.5 Å². The number of piperidine rings is 1. The first-order chi connectivity index (χ1) is 8.57. The van der Waals surface area contributed by atoms with Gasteiger partial charge < -0.3 is 15.3 Å². The molecule has 3 nitrogen and oxygen atoms in total. The predicted molar refractivity (Wildman–Crippen MR) is 74.6 cm³/mol. The summed E-state index contributed by atoms with van der Waals surface area (Å²) in [5.41, 5.74) is 2.04. The highest BCUT2D eigenvalue weighted by Crippen LogP contribution is 2.20. The lowest BCUT2D eigenvalue weighted by Crippen LogP contribution is -2.48. The van der Waals surface area contributed by atoms with Crippen molar-refractivity contribution in [3.8, 4) is 0 Å². The van der Waals surface area contributed by atoms with Crippen molar-refractivity contribution in [2.45, 2.75) is 31.9 Å². The zero-order chi connectivity index (χ0) is 13.0. The third kappa shape index (κ3) is 3.80. The second kappa shape index (κ2) is 5.83. The molecule has 1 aromatic carbocycles. The first-order valence-electron chi connectivity index (χ1n) is 6.75. The van der Waals surface area contributed by atoms with E-state index in [1.54, 1.807) is 0 Å². The number of likely N-dealkylation sites (tertiary alicyclic amines) is 1. The lowest BCUT2D eigenvalue weighted by Gasteiger charge is -2.36. The molecule has 0 atom stereocenters. The Labute approximate surface area is 110 Å². The summed E-state index contributed by atoms with van der Waals surface area (Å²) < 4.78 is 0. The van der Waals surface area contributed by atoms with Crippen molar-refractivity contribution >= 4 is 0 Å². The van der Waals surface area contributed by atoms with E-state index in [0.29, 0.717) is 6.54 Å².